The van der Waals surface area contributed by atoms with E-state index in [1.165, 1.54) is 11.1 Å². The van der Waals surface area contributed by atoms with Gasteiger partial charge in [0, 0.05) is 12.3 Å². The smallest absolute Gasteiger partial charge is 0.319 e. The van der Waals surface area contributed by atoms with Crippen LogP contribution in [0.2, 0.25) is 0 Å². The van der Waals surface area contributed by atoms with Gasteiger partial charge in [0.1, 0.15) is 0 Å². The van der Waals surface area contributed by atoms with E-state index in [0.717, 1.165) is 31.6 Å². The van der Waals surface area contributed by atoms with Crippen molar-refractivity contribution in [2.45, 2.75) is 39.2 Å². The lowest BCUT2D eigenvalue weighted by Gasteiger charge is -2.16. The minimum absolute atomic E-state index is 0.133. The number of amides is 2. The van der Waals surface area contributed by atoms with E-state index in [1.54, 1.807) is 0 Å². The van der Waals surface area contributed by atoms with Crippen LogP contribution >= 0.6 is 0 Å². The van der Waals surface area contributed by atoms with Crippen molar-refractivity contribution >= 4 is 11.7 Å². The third kappa shape index (κ3) is 3.47. The zero-order chi connectivity index (χ0) is 13.7. The fraction of sp³-hybridized carbons (Fsp3) is 0.533. The number of urea groups is 1. The molecular formula is C15H22N2O2. The Bertz CT molecular complexity index is 418. The summed E-state index contributed by atoms with van der Waals surface area (Å²) in [6.45, 7) is 5.55. The molecule has 2 rings (SSSR count). The van der Waals surface area contributed by atoms with Gasteiger partial charge in [-0.15, -0.1) is 0 Å². The lowest BCUT2D eigenvalue weighted by molar-refractivity contribution is 0.189. The molecular weight excluding hydrogens is 240 g/mol. The molecule has 4 nitrogen and oxygen atoms in total. The van der Waals surface area contributed by atoms with Crippen LogP contribution in [-0.2, 0) is 17.6 Å². The molecule has 104 valence electrons. The first-order chi connectivity index (χ1) is 9.24. The molecule has 1 aromatic rings. The number of hydrogen-bond acceptors (Lipinski definition) is 2. The zero-order valence-corrected chi connectivity index (χ0v) is 11.7. The molecule has 0 bridgehead atoms. The van der Waals surface area contributed by atoms with Crippen LogP contribution in [0, 0.1) is 0 Å². The standard InChI is InChI=1S/C15H22N2O2/c1-3-11-6-5-7-12(4-2)14(11)17-15(18)16-13-8-9-19-10-13/h5-7,13H,3-4,8-10H2,1-2H3,(H2,16,17,18). The van der Waals surface area contributed by atoms with Crippen LogP contribution in [0.4, 0.5) is 10.5 Å². The summed E-state index contributed by atoms with van der Waals surface area (Å²) in [6.07, 6.45) is 2.72. The molecule has 0 radical (unpaired) electrons. The van der Waals surface area contributed by atoms with Crippen molar-refractivity contribution in [1.82, 2.24) is 5.32 Å². The van der Waals surface area contributed by atoms with Gasteiger partial charge in [-0.1, -0.05) is 32.0 Å². The Balaban J connectivity index is 2.06. The van der Waals surface area contributed by atoms with E-state index in [-0.39, 0.29) is 12.1 Å². The predicted molar refractivity (Wildman–Crippen MR) is 76.6 cm³/mol. The number of anilines is 1. The Morgan fingerprint density at radius 3 is 2.53 bits per heavy atom. The van der Waals surface area contributed by atoms with Gasteiger partial charge >= 0.3 is 6.03 Å². The lowest BCUT2D eigenvalue weighted by Crippen LogP contribution is -2.38. The number of carbonyl (C=O) groups excluding carboxylic acids is 1. The van der Waals surface area contributed by atoms with Crippen molar-refractivity contribution in [3.8, 4) is 0 Å². The second-order valence-corrected chi connectivity index (χ2v) is 4.82. The van der Waals surface area contributed by atoms with E-state index in [1.807, 2.05) is 6.07 Å². The van der Waals surface area contributed by atoms with Gasteiger partial charge in [-0.2, -0.15) is 0 Å². The molecule has 0 spiro atoms. The van der Waals surface area contributed by atoms with Crippen molar-refractivity contribution in [1.29, 1.82) is 0 Å². The third-order valence-corrected chi connectivity index (χ3v) is 3.50. The highest BCUT2D eigenvalue weighted by molar-refractivity contribution is 5.91. The van der Waals surface area contributed by atoms with Gasteiger partial charge in [0.05, 0.1) is 12.6 Å². The molecule has 2 N–H and O–H groups in total. The van der Waals surface area contributed by atoms with Crippen LogP contribution in [0.15, 0.2) is 18.2 Å². The highest BCUT2D eigenvalue weighted by Crippen LogP contribution is 2.22. The molecule has 1 atom stereocenters. The molecule has 1 aliphatic rings. The predicted octanol–water partition coefficient (Wildman–Crippen LogP) is 2.72. The summed E-state index contributed by atoms with van der Waals surface area (Å²) in [4.78, 5) is 12.0. The van der Waals surface area contributed by atoms with Gasteiger partial charge < -0.3 is 15.4 Å². The second-order valence-electron chi connectivity index (χ2n) is 4.82. The zero-order valence-electron chi connectivity index (χ0n) is 11.7. The maximum Gasteiger partial charge on any atom is 0.319 e. The van der Waals surface area contributed by atoms with Gasteiger partial charge in [0.25, 0.3) is 0 Å². The van der Waals surface area contributed by atoms with Crippen molar-refractivity contribution in [2.24, 2.45) is 0 Å². The molecule has 1 aromatic carbocycles. The first kappa shape index (κ1) is 13.9. The third-order valence-electron chi connectivity index (χ3n) is 3.50. The molecule has 1 aliphatic heterocycles. The van der Waals surface area contributed by atoms with Crippen LogP contribution in [0.25, 0.3) is 0 Å². The topological polar surface area (TPSA) is 50.4 Å². The number of nitrogens with one attached hydrogen (secondary N) is 2. The highest BCUT2D eigenvalue weighted by atomic mass is 16.5. The lowest BCUT2D eigenvalue weighted by atomic mass is 10.0. The number of para-hydroxylation sites is 1. The fourth-order valence-corrected chi connectivity index (χ4v) is 2.39. The van der Waals surface area contributed by atoms with E-state index in [4.69, 9.17) is 4.74 Å². The average Bonchev–Trinajstić information content (AvgIpc) is 2.91. The summed E-state index contributed by atoms with van der Waals surface area (Å²) in [6, 6.07) is 6.18. The number of ether oxygens (including phenoxy) is 1. The SMILES string of the molecule is CCc1cccc(CC)c1NC(=O)NC1CCOC1. The maximum absolute atomic E-state index is 12.0. The monoisotopic (exact) mass is 262 g/mol. The van der Waals surface area contributed by atoms with Crippen molar-refractivity contribution in [3.63, 3.8) is 0 Å². The number of rotatable bonds is 4. The van der Waals surface area contributed by atoms with Crippen LogP contribution < -0.4 is 10.6 Å². The fourth-order valence-electron chi connectivity index (χ4n) is 2.39. The first-order valence-corrected chi connectivity index (χ1v) is 7.00. The summed E-state index contributed by atoms with van der Waals surface area (Å²) in [5.74, 6) is 0. The van der Waals surface area contributed by atoms with Gasteiger partial charge in [-0.3, -0.25) is 0 Å². The van der Waals surface area contributed by atoms with Crippen molar-refractivity contribution in [3.05, 3.63) is 29.3 Å². The second kappa shape index (κ2) is 6.57. The normalized spacial score (nSPS) is 18.3. The summed E-state index contributed by atoms with van der Waals surface area (Å²) < 4.78 is 5.26. The van der Waals surface area contributed by atoms with E-state index in [9.17, 15) is 4.79 Å². The van der Waals surface area contributed by atoms with E-state index in [2.05, 4.69) is 36.6 Å². The van der Waals surface area contributed by atoms with Crippen LogP contribution in [-0.4, -0.2) is 25.3 Å². The molecule has 1 heterocycles. The Morgan fingerprint density at radius 1 is 1.32 bits per heavy atom. The molecule has 0 saturated carbocycles. The van der Waals surface area contributed by atoms with E-state index >= 15 is 0 Å². The van der Waals surface area contributed by atoms with Gasteiger partial charge in [0.2, 0.25) is 0 Å². The Kier molecular flexibility index (Phi) is 4.80. The summed E-state index contributed by atoms with van der Waals surface area (Å²) in [7, 11) is 0. The first-order valence-electron chi connectivity index (χ1n) is 7.00. The molecule has 1 unspecified atom stereocenters. The van der Waals surface area contributed by atoms with Gasteiger partial charge in [0.15, 0.2) is 0 Å². The Labute approximate surface area is 114 Å². The minimum Gasteiger partial charge on any atom is -0.379 e. The average molecular weight is 262 g/mol. The van der Waals surface area contributed by atoms with Crippen LogP contribution in [0.1, 0.15) is 31.4 Å². The minimum atomic E-state index is -0.133. The van der Waals surface area contributed by atoms with Gasteiger partial charge in [-0.25, -0.2) is 4.79 Å². The summed E-state index contributed by atoms with van der Waals surface area (Å²) in [5, 5.41) is 5.96. The molecule has 1 fully saturated rings. The summed E-state index contributed by atoms with van der Waals surface area (Å²) >= 11 is 0. The molecule has 4 heteroatoms. The molecule has 0 aliphatic carbocycles. The largest absolute Gasteiger partial charge is 0.379 e. The number of carbonyl (C=O) groups is 1. The number of aryl methyl sites for hydroxylation is 2. The molecule has 19 heavy (non-hydrogen) atoms. The Morgan fingerprint density at radius 2 is 2.00 bits per heavy atom. The van der Waals surface area contributed by atoms with Crippen LogP contribution in [0.3, 0.4) is 0 Å². The quantitative estimate of drug-likeness (QED) is 0.876. The number of benzene rings is 1. The van der Waals surface area contributed by atoms with Gasteiger partial charge in [-0.05, 0) is 30.4 Å². The Hall–Kier alpha value is -1.55. The molecule has 2 amide bonds. The highest BCUT2D eigenvalue weighted by Gasteiger charge is 2.18. The molecule has 0 aromatic heterocycles. The number of hydrogen-bond donors (Lipinski definition) is 2. The van der Waals surface area contributed by atoms with Crippen molar-refractivity contribution < 1.29 is 9.53 Å². The van der Waals surface area contributed by atoms with Crippen LogP contribution in [0.5, 0.6) is 0 Å². The molecule has 1 saturated heterocycles. The van der Waals surface area contributed by atoms with E-state index < -0.39 is 0 Å². The summed E-state index contributed by atoms with van der Waals surface area (Å²) in [5.41, 5.74) is 3.32. The van der Waals surface area contributed by atoms with Crippen molar-refractivity contribution in [2.75, 3.05) is 18.5 Å². The van der Waals surface area contributed by atoms with E-state index in [0.29, 0.717) is 6.61 Å². The maximum atomic E-state index is 12.0.